The molecule has 1 aromatic heterocycles. The molecule has 0 aliphatic carbocycles. The highest BCUT2D eigenvalue weighted by atomic mass is 16.6. The SMILES string of the molecule is CCC(C)(CNc1c([N+](=O)[O-])nc(C)n1C)C(=O)O. The van der Waals surface area contributed by atoms with Crippen LogP contribution in [-0.2, 0) is 11.8 Å². The first-order valence-electron chi connectivity index (χ1n) is 5.88. The van der Waals surface area contributed by atoms with Gasteiger partial charge in [-0.1, -0.05) is 6.92 Å². The van der Waals surface area contributed by atoms with Crippen LogP contribution in [0.4, 0.5) is 11.6 Å². The molecule has 0 spiro atoms. The van der Waals surface area contributed by atoms with Crippen molar-refractivity contribution in [3.8, 4) is 0 Å². The smallest absolute Gasteiger partial charge is 0.406 e. The van der Waals surface area contributed by atoms with Crippen LogP contribution in [0.1, 0.15) is 26.1 Å². The van der Waals surface area contributed by atoms with Crippen molar-refractivity contribution in [1.29, 1.82) is 0 Å². The molecule has 0 amide bonds. The molecule has 1 heterocycles. The van der Waals surface area contributed by atoms with E-state index in [9.17, 15) is 14.9 Å². The number of rotatable bonds is 6. The summed E-state index contributed by atoms with van der Waals surface area (Å²) in [6.07, 6.45) is 0.417. The number of nitrogens with zero attached hydrogens (tertiary/aromatic N) is 3. The van der Waals surface area contributed by atoms with E-state index in [0.717, 1.165) is 0 Å². The van der Waals surface area contributed by atoms with E-state index in [0.29, 0.717) is 12.2 Å². The fourth-order valence-electron chi connectivity index (χ4n) is 1.55. The van der Waals surface area contributed by atoms with E-state index in [1.54, 1.807) is 27.8 Å². The molecule has 1 atom stereocenters. The first-order chi connectivity index (χ1) is 8.73. The first-order valence-corrected chi connectivity index (χ1v) is 5.88. The number of nitro groups is 1. The lowest BCUT2D eigenvalue weighted by atomic mass is 9.88. The number of hydrogen-bond acceptors (Lipinski definition) is 5. The summed E-state index contributed by atoms with van der Waals surface area (Å²) in [6.45, 7) is 5.10. The number of carboxylic acids is 1. The van der Waals surface area contributed by atoms with Gasteiger partial charge in [0, 0.05) is 20.5 Å². The van der Waals surface area contributed by atoms with Crippen molar-refractivity contribution in [1.82, 2.24) is 9.55 Å². The summed E-state index contributed by atoms with van der Waals surface area (Å²) in [4.78, 5) is 25.3. The minimum absolute atomic E-state index is 0.0959. The molecule has 8 heteroatoms. The van der Waals surface area contributed by atoms with E-state index in [4.69, 9.17) is 5.11 Å². The van der Waals surface area contributed by atoms with Crippen LogP contribution >= 0.6 is 0 Å². The van der Waals surface area contributed by atoms with Crippen molar-refractivity contribution in [3.05, 3.63) is 15.9 Å². The third-order valence-electron chi connectivity index (χ3n) is 3.42. The Morgan fingerprint density at radius 1 is 1.63 bits per heavy atom. The maximum absolute atomic E-state index is 11.2. The molecule has 19 heavy (non-hydrogen) atoms. The third kappa shape index (κ3) is 2.83. The molecule has 1 unspecified atom stereocenters. The molecule has 1 rings (SSSR count). The van der Waals surface area contributed by atoms with Gasteiger partial charge in [-0.05, 0) is 23.3 Å². The van der Waals surface area contributed by atoms with Crippen LogP contribution in [0.25, 0.3) is 0 Å². The summed E-state index contributed by atoms with van der Waals surface area (Å²) in [5, 5.41) is 22.9. The Hall–Kier alpha value is -2.12. The van der Waals surface area contributed by atoms with Crippen LogP contribution in [0.3, 0.4) is 0 Å². The van der Waals surface area contributed by atoms with Gasteiger partial charge in [-0.3, -0.25) is 9.36 Å². The summed E-state index contributed by atoms with van der Waals surface area (Å²) in [5.41, 5.74) is -0.980. The van der Waals surface area contributed by atoms with E-state index in [1.807, 2.05) is 0 Å². The maximum Gasteiger partial charge on any atom is 0.406 e. The average Bonchev–Trinajstić information content (AvgIpc) is 2.63. The Morgan fingerprint density at radius 2 is 2.21 bits per heavy atom. The molecule has 0 aliphatic rings. The molecule has 0 bridgehead atoms. The van der Waals surface area contributed by atoms with Gasteiger partial charge in [0.25, 0.3) is 0 Å². The Balaban J connectivity index is 3.01. The van der Waals surface area contributed by atoms with Crippen molar-refractivity contribution >= 4 is 17.6 Å². The number of carboxylic acid groups (broad SMARTS) is 1. The first kappa shape index (κ1) is 14.9. The van der Waals surface area contributed by atoms with Crippen LogP contribution in [0, 0.1) is 22.5 Å². The molecule has 0 aliphatic heterocycles. The fourth-order valence-corrected chi connectivity index (χ4v) is 1.55. The normalized spacial score (nSPS) is 13.9. The van der Waals surface area contributed by atoms with Gasteiger partial charge in [-0.2, -0.15) is 0 Å². The molecule has 8 nitrogen and oxygen atoms in total. The van der Waals surface area contributed by atoms with Gasteiger partial charge in [0.2, 0.25) is 11.6 Å². The molecular weight excluding hydrogens is 252 g/mol. The standard InChI is InChI=1S/C11H18N4O4/c1-5-11(3,10(16)17)6-12-8-9(15(18)19)13-7(2)14(8)4/h12H,5-6H2,1-4H3,(H,16,17). The zero-order valence-corrected chi connectivity index (χ0v) is 11.4. The summed E-state index contributed by atoms with van der Waals surface area (Å²) in [5.74, 6) is -0.515. The van der Waals surface area contributed by atoms with E-state index >= 15 is 0 Å². The van der Waals surface area contributed by atoms with Crippen LogP contribution in [0.5, 0.6) is 0 Å². The summed E-state index contributed by atoms with van der Waals surface area (Å²) in [6, 6.07) is 0. The quantitative estimate of drug-likeness (QED) is 0.599. The number of aliphatic carboxylic acids is 1. The van der Waals surface area contributed by atoms with Gasteiger partial charge in [-0.15, -0.1) is 0 Å². The number of aromatic nitrogens is 2. The monoisotopic (exact) mass is 270 g/mol. The zero-order valence-electron chi connectivity index (χ0n) is 11.4. The van der Waals surface area contributed by atoms with E-state index in [1.165, 1.54) is 4.57 Å². The Bertz CT molecular complexity index is 511. The molecule has 0 saturated heterocycles. The summed E-state index contributed by atoms with van der Waals surface area (Å²) < 4.78 is 1.54. The van der Waals surface area contributed by atoms with Crippen LogP contribution in [0.15, 0.2) is 0 Å². The summed E-state index contributed by atoms with van der Waals surface area (Å²) in [7, 11) is 1.64. The lowest BCUT2D eigenvalue weighted by Crippen LogP contribution is -2.34. The van der Waals surface area contributed by atoms with E-state index in [2.05, 4.69) is 10.3 Å². The number of aryl methyl sites for hydroxylation is 1. The molecule has 0 saturated carbocycles. The lowest BCUT2D eigenvalue weighted by Gasteiger charge is -2.23. The number of imidazole rings is 1. The minimum Gasteiger partial charge on any atom is -0.481 e. The Morgan fingerprint density at radius 3 is 2.63 bits per heavy atom. The van der Waals surface area contributed by atoms with Crippen molar-refractivity contribution in [2.75, 3.05) is 11.9 Å². The highest BCUT2D eigenvalue weighted by molar-refractivity contribution is 5.75. The highest BCUT2D eigenvalue weighted by Crippen LogP contribution is 2.27. The number of anilines is 1. The Kier molecular flexibility index (Phi) is 4.13. The summed E-state index contributed by atoms with van der Waals surface area (Å²) >= 11 is 0. The molecule has 0 radical (unpaired) electrons. The lowest BCUT2D eigenvalue weighted by molar-refractivity contribution is -0.388. The predicted octanol–water partition coefficient (Wildman–Crippen LogP) is 1.55. The second kappa shape index (κ2) is 5.25. The number of carbonyl (C=O) groups is 1. The molecule has 1 aromatic rings. The predicted molar refractivity (Wildman–Crippen MR) is 69.1 cm³/mol. The highest BCUT2D eigenvalue weighted by Gasteiger charge is 2.33. The second-order valence-corrected chi connectivity index (χ2v) is 4.72. The van der Waals surface area contributed by atoms with E-state index < -0.39 is 16.3 Å². The largest absolute Gasteiger partial charge is 0.481 e. The van der Waals surface area contributed by atoms with Gasteiger partial charge in [0.1, 0.15) is 0 Å². The number of nitrogens with one attached hydrogen (secondary N) is 1. The van der Waals surface area contributed by atoms with E-state index in [-0.39, 0.29) is 18.2 Å². The zero-order chi connectivity index (χ0) is 14.8. The van der Waals surface area contributed by atoms with Gasteiger partial charge < -0.3 is 20.5 Å². The van der Waals surface area contributed by atoms with Crippen molar-refractivity contribution in [3.63, 3.8) is 0 Å². The maximum atomic E-state index is 11.2. The van der Waals surface area contributed by atoms with Crippen molar-refractivity contribution in [2.24, 2.45) is 12.5 Å². The fraction of sp³-hybridized carbons (Fsp3) is 0.636. The molecule has 0 aromatic carbocycles. The van der Waals surface area contributed by atoms with Gasteiger partial charge in [0.05, 0.1) is 5.41 Å². The van der Waals surface area contributed by atoms with Crippen LogP contribution < -0.4 is 5.32 Å². The van der Waals surface area contributed by atoms with Crippen LogP contribution in [0.2, 0.25) is 0 Å². The third-order valence-corrected chi connectivity index (χ3v) is 3.42. The second-order valence-electron chi connectivity index (χ2n) is 4.72. The minimum atomic E-state index is -0.980. The molecule has 2 N–H and O–H groups in total. The topological polar surface area (TPSA) is 110 Å². The van der Waals surface area contributed by atoms with Crippen molar-refractivity contribution < 1.29 is 14.8 Å². The number of hydrogen-bond donors (Lipinski definition) is 2. The van der Waals surface area contributed by atoms with Crippen molar-refractivity contribution in [2.45, 2.75) is 27.2 Å². The Labute approximate surface area is 110 Å². The van der Waals surface area contributed by atoms with Gasteiger partial charge in [-0.25, -0.2) is 0 Å². The average molecular weight is 270 g/mol. The molecule has 106 valence electrons. The van der Waals surface area contributed by atoms with Crippen LogP contribution in [-0.4, -0.2) is 32.1 Å². The molecular formula is C11H18N4O4. The van der Waals surface area contributed by atoms with Gasteiger partial charge in [0.15, 0.2) is 0 Å². The van der Waals surface area contributed by atoms with Gasteiger partial charge >= 0.3 is 11.8 Å². The molecule has 0 fully saturated rings.